The number of nitrogens with one attached hydrogen (secondary N) is 2. The van der Waals surface area contributed by atoms with Crippen LogP contribution in [0.25, 0.3) is 0 Å². The molecule has 0 fully saturated rings. The fourth-order valence-corrected chi connectivity index (χ4v) is 2.21. The average molecular weight is 301 g/mol. The molecule has 0 radical (unpaired) electrons. The van der Waals surface area contributed by atoms with Gasteiger partial charge in [0.05, 0.1) is 17.9 Å². The largest absolute Gasteiger partial charge is 0.361 e. The van der Waals surface area contributed by atoms with Crippen molar-refractivity contribution in [1.29, 1.82) is 0 Å². The first kappa shape index (κ1) is 16.0. The Labute approximate surface area is 131 Å². The lowest BCUT2D eigenvalue weighted by molar-refractivity contribution is 0.380. The van der Waals surface area contributed by atoms with Gasteiger partial charge in [0.1, 0.15) is 5.76 Å². The number of aromatic nitrogens is 2. The van der Waals surface area contributed by atoms with Crippen LogP contribution < -0.4 is 10.6 Å². The van der Waals surface area contributed by atoms with E-state index in [-0.39, 0.29) is 0 Å². The van der Waals surface area contributed by atoms with Gasteiger partial charge in [0.2, 0.25) is 0 Å². The Morgan fingerprint density at radius 2 is 2.00 bits per heavy atom. The summed E-state index contributed by atoms with van der Waals surface area (Å²) >= 11 is 0. The Morgan fingerprint density at radius 1 is 1.18 bits per heavy atom. The molecule has 2 rings (SSSR count). The van der Waals surface area contributed by atoms with Gasteiger partial charge in [-0.25, -0.2) is 0 Å². The van der Waals surface area contributed by atoms with Gasteiger partial charge in [-0.05, 0) is 18.6 Å². The van der Waals surface area contributed by atoms with Crippen LogP contribution in [0.1, 0.15) is 36.6 Å². The van der Waals surface area contributed by atoms with Crippen molar-refractivity contribution in [3.63, 3.8) is 0 Å². The van der Waals surface area contributed by atoms with E-state index in [0.29, 0.717) is 13.1 Å². The Morgan fingerprint density at radius 3 is 2.64 bits per heavy atom. The lowest BCUT2D eigenvalue weighted by Gasteiger charge is -2.11. The summed E-state index contributed by atoms with van der Waals surface area (Å²) in [5.74, 6) is 1.67. The zero-order valence-electron chi connectivity index (χ0n) is 13.4. The Kier molecular flexibility index (Phi) is 5.94. The SMILES string of the molecule is CCc1noc(CC)c1CNC(=NC)NCc1ccccn1. The maximum absolute atomic E-state index is 5.37. The third kappa shape index (κ3) is 4.07. The second-order valence-corrected chi connectivity index (χ2v) is 4.84. The van der Waals surface area contributed by atoms with E-state index in [1.165, 1.54) is 0 Å². The van der Waals surface area contributed by atoms with Crippen molar-refractivity contribution in [3.8, 4) is 0 Å². The summed E-state index contributed by atoms with van der Waals surface area (Å²) in [6, 6.07) is 5.85. The second kappa shape index (κ2) is 8.17. The van der Waals surface area contributed by atoms with Crippen molar-refractivity contribution in [2.24, 2.45) is 4.99 Å². The normalized spacial score (nSPS) is 11.5. The molecule has 0 aliphatic rings. The zero-order valence-corrected chi connectivity index (χ0v) is 13.4. The molecule has 2 heterocycles. The number of nitrogens with zero attached hydrogens (tertiary/aromatic N) is 3. The van der Waals surface area contributed by atoms with Crippen molar-refractivity contribution in [2.75, 3.05) is 7.05 Å². The van der Waals surface area contributed by atoms with E-state index in [4.69, 9.17) is 4.52 Å². The molecule has 2 aromatic rings. The van der Waals surface area contributed by atoms with Crippen LogP contribution in [-0.4, -0.2) is 23.1 Å². The minimum atomic E-state index is 0.630. The molecule has 0 bridgehead atoms. The molecular weight excluding hydrogens is 278 g/mol. The fraction of sp³-hybridized carbons (Fsp3) is 0.438. The predicted molar refractivity (Wildman–Crippen MR) is 86.5 cm³/mol. The quantitative estimate of drug-likeness (QED) is 0.631. The van der Waals surface area contributed by atoms with Crippen LogP contribution in [0.4, 0.5) is 0 Å². The molecule has 0 aliphatic carbocycles. The summed E-state index contributed by atoms with van der Waals surface area (Å²) in [5, 5.41) is 10.7. The van der Waals surface area contributed by atoms with Crippen LogP contribution in [0.2, 0.25) is 0 Å². The Bertz CT molecular complexity index is 585. The van der Waals surface area contributed by atoms with Gasteiger partial charge in [0.25, 0.3) is 0 Å². The molecule has 22 heavy (non-hydrogen) atoms. The van der Waals surface area contributed by atoms with Crippen molar-refractivity contribution in [1.82, 2.24) is 20.8 Å². The van der Waals surface area contributed by atoms with Crippen LogP contribution >= 0.6 is 0 Å². The topological polar surface area (TPSA) is 75.3 Å². The molecular formula is C16H23N5O. The minimum absolute atomic E-state index is 0.630. The first-order chi connectivity index (χ1) is 10.8. The molecule has 2 N–H and O–H groups in total. The van der Waals surface area contributed by atoms with Crippen LogP contribution in [0.5, 0.6) is 0 Å². The van der Waals surface area contributed by atoms with Crippen LogP contribution in [0.15, 0.2) is 33.9 Å². The first-order valence-corrected chi connectivity index (χ1v) is 7.59. The second-order valence-electron chi connectivity index (χ2n) is 4.84. The fourth-order valence-electron chi connectivity index (χ4n) is 2.21. The molecule has 6 heteroatoms. The van der Waals surface area contributed by atoms with Gasteiger partial charge in [-0.1, -0.05) is 25.1 Å². The molecule has 0 saturated heterocycles. The zero-order chi connectivity index (χ0) is 15.8. The lowest BCUT2D eigenvalue weighted by atomic mass is 10.1. The number of hydrogen-bond donors (Lipinski definition) is 2. The standard InChI is InChI=1S/C16H23N5O/c1-4-14-13(15(5-2)22-21-14)11-20-16(17-3)19-10-12-8-6-7-9-18-12/h6-9H,4-5,10-11H2,1-3H3,(H2,17,19,20). The number of hydrogen-bond acceptors (Lipinski definition) is 4. The molecule has 0 aliphatic heterocycles. The Balaban J connectivity index is 1.93. The summed E-state index contributed by atoms with van der Waals surface area (Å²) in [7, 11) is 1.75. The summed E-state index contributed by atoms with van der Waals surface area (Å²) < 4.78 is 5.37. The highest BCUT2D eigenvalue weighted by Gasteiger charge is 2.13. The maximum Gasteiger partial charge on any atom is 0.191 e. The third-order valence-corrected chi connectivity index (χ3v) is 3.43. The molecule has 0 unspecified atom stereocenters. The van der Waals surface area contributed by atoms with Gasteiger partial charge in [-0.15, -0.1) is 0 Å². The van der Waals surface area contributed by atoms with E-state index in [2.05, 4.69) is 39.6 Å². The molecule has 2 aromatic heterocycles. The first-order valence-electron chi connectivity index (χ1n) is 7.59. The van der Waals surface area contributed by atoms with E-state index in [1.807, 2.05) is 18.2 Å². The number of aliphatic imine (C=N–C) groups is 1. The highest BCUT2D eigenvalue weighted by Crippen LogP contribution is 2.15. The number of rotatable bonds is 6. The predicted octanol–water partition coefficient (Wildman–Crippen LogP) is 2.06. The molecule has 6 nitrogen and oxygen atoms in total. The average Bonchev–Trinajstić information content (AvgIpc) is 2.98. The highest BCUT2D eigenvalue weighted by atomic mass is 16.5. The summed E-state index contributed by atoms with van der Waals surface area (Å²) in [6.45, 7) is 5.43. The Hall–Kier alpha value is -2.37. The number of pyridine rings is 1. The summed E-state index contributed by atoms with van der Waals surface area (Å²) in [4.78, 5) is 8.51. The van der Waals surface area contributed by atoms with Gasteiger partial charge in [0.15, 0.2) is 5.96 Å². The van der Waals surface area contributed by atoms with Gasteiger partial charge < -0.3 is 15.2 Å². The van der Waals surface area contributed by atoms with E-state index >= 15 is 0 Å². The van der Waals surface area contributed by atoms with Gasteiger partial charge in [-0.3, -0.25) is 9.98 Å². The third-order valence-electron chi connectivity index (χ3n) is 3.43. The molecule has 0 saturated carbocycles. The van der Waals surface area contributed by atoms with Crippen molar-refractivity contribution in [2.45, 2.75) is 39.8 Å². The summed E-state index contributed by atoms with van der Waals surface area (Å²) in [6.07, 6.45) is 3.48. The van der Waals surface area contributed by atoms with Crippen molar-refractivity contribution >= 4 is 5.96 Å². The molecule has 0 aromatic carbocycles. The maximum atomic E-state index is 5.37. The van der Waals surface area contributed by atoms with Gasteiger partial charge in [-0.2, -0.15) is 0 Å². The lowest BCUT2D eigenvalue weighted by Crippen LogP contribution is -2.36. The smallest absolute Gasteiger partial charge is 0.191 e. The summed E-state index contributed by atoms with van der Waals surface area (Å²) in [5.41, 5.74) is 3.11. The highest BCUT2D eigenvalue weighted by molar-refractivity contribution is 5.79. The molecule has 118 valence electrons. The van der Waals surface area contributed by atoms with Crippen LogP contribution in [0, 0.1) is 0 Å². The van der Waals surface area contributed by atoms with E-state index in [9.17, 15) is 0 Å². The van der Waals surface area contributed by atoms with E-state index < -0.39 is 0 Å². The van der Waals surface area contributed by atoms with E-state index in [0.717, 1.165) is 41.5 Å². The van der Waals surface area contributed by atoms with Crippen molar-refractivity contribution in [3.05, 3.63) is 47.1 Å². The number of aryl methyl sites for hydroxylation is 2. The molecule has 0 atom stereocenters. The minimum Gasteiger partial charge on any atom is -0.361 e. The molecule has 0 spiro atoms. The number of guanidine groups is 1. The monoisotopic (exact) mass is 301 g/mol. The van der Waals surface area contributed by atoms with Gasteiger partial charge in [0, 0.05) is 31.8 Å². The van der Waals surface area contributed by atoms with E-state index in [1.54, 1.807) is 13.2 Å². The van der Waals surface area contributed by atoms with Gasteiger partial charge >= 0.3 is 0 Å². The molecule has 0 amide bonds. The van der Waals surface area contributed by atoms with Crippen molar-refractivity contribution < 1.29 is 4.52 Å². The van der Waals surface area contributed by atoms with Crippen LogP contribution in [0.3, 0.4) is 0 Å². The van der Waals surface area contributed by atoms with Crippen LogP contribution in [-0.2, 0) is 25.9 Å².